The zero-order chi connectivity index (χ0) is 24.0. The molecule has 1 aliphatic rings. The quantitative estimate of drug-likeness (QED) is 0.432. The van der Waals surface area contributed by atoms with Gasteiger partial charge in [0, 0.05) is 39.7 Å². The van der Waals surface area contributed by atoms with E-state index in [0.717, 1.165) is 19.6 Å². The van der Waals surface area contributed by atoms with Gasteiger partial charge < -0.3 is 24.2 Å². The van der Waals surface area contributed by atoms with E-state index >= 15 is 0 Å². The maximum Gasteiger partial charge on any atom is 0.222 e. The molecule has 1 heterocycles. The van der Waals surface area contributed by atoms with Gasteiger partial charge in [-0.15, -0.1) is 0 Å². The fourth-order valence-corrected chi connectivity index (χ4v) is 3.63. The Labute approximate surface area is 189 Å². The molecule has 1 saturated heterocycles. The number of morpholine rings is 1. The predicted molar refractivity (Wildman–Crippen MR) is 129 cm³/mol. The Morgan fingerprint density at radius 2 is 1.97 bits per heavy atom. The van der Waals surface area contributed by atoms with Crippen molar-refractivity contribution >= 4 is 25.3 Å². The molecule has 3 atom stereocenters. The third kappa shape index (κ3) is 13.4. The van der Waals surface area contributed by atoms with Crippen molar-refractivity contribution in [2.45, 2.75) is 39.4 Å². The maximum atomic E-state index is 11.3. The summed E-state index contributed by atoms with van der Waals surface area (Å²) in [6.07, 6.45) is 4.93. The average molecular weight is 465 g/mol. The van der Waals surface area contributed by atoms with Gasteiger partial charge in [0.15, 0.2) is 0 Å². The first-order valence-electron chi connectivity index (χ1n) is 10.8. The summed E-state index contributed by atoms with van der Waals surface area (Å²) in [4.78, 5) is 26.0. The second-order valence-electron chi connectivity index (χ2n) is 8.19. The van der Waals surface area contributed by atoms with Crippen LogP contribution in [0.4, 0.5) is 0 Å². The Balaban J connectivity index is 0.000000615. The number of nitrogens with zero attached hydrogens (tertiary/aromatic N) is 3. The SMILES string of the molecule is C=P(C)(OCC1CN(COC)CC(C)O1)N(C)C.CCC(=O)N(CCNC)CC(C)=O. The van der Waals surface area contributed by atoms with Crippen molar-refractivity contribution in [3.63, 3.8) is 0 Å². The number of carbonyl (C=O) groups excluding carboxylic acids is 2. The van der Waals surface area contributed by atoms with Crippen molar-refractivity contribution in [1.82, 2.24) is 19.8 Å². The minimum absolute atomic E-state index is 0.0258. The monoisotopic (exact) mass is 464 g/mol. The van der Waals surface area contributed by atoms with Crippen LogP contribution in [0.1, 0.15) is 27.2 Å². The van der Waals surface area contributed by atoms with Crippen LogP contribution in [0.2, 0.25) is 0 Å². The summed E-state index contributed by atoms with van der Waals surface area (Å²) < 4.78 is 19.1. The van der Waals surface area contributed by atoms with Crippen LogP contribution < -0.4 is 5.32 Å². The van der Waals surface area contributed by atoms with Crippen molar-refractivity contribution < 1.29 is 23.6 Å². The fourth-order valence-electron chi connectivity index (χ4n) is 2.91. The molecule has 0 aromatic heterocycles. The minimum atomic E-state index is -1.68. The third-order valence-corrected chi connectivity index (χ3v) is 7.20. The largest absolute Gasteiger partial charge is 0.370 e. The number of ketones is 1. The summed E-state index contributed by atoms with van der Waals surface area (Å²) in [6, 6.07) is 0. The molecule has 0 spiro atoms. The summed E-state index contributed by atoms with van der Waals surface area (Å²) in [5.41, 5.74) is 0. The van der Waals surface area contributed by atoms with Crippen LogP contribution in [0, 0.1) is 0 Å². The van der Waals surface area contributed by atoms with Gasteiger partial charge in [0.1, 0.15) is 5.78 Å². The van der Waals surface area contributed by atoms with Crippen molar-refractivity contribution in [2.24, 2.45) is 0 Å². The molecule has 0 saturated carbocycles. The molecule has 9 nitrogen and oxygen atoms in total. The van der Waals surface area contributed by atoms with E-state index in [9.17, 15) is 9.59 Å². The van der Waals surface area contributed by atoms with E-state index in [2.05, 4.69) is 34.8 Å². The topological polar surface area (TPSA) is 83.6 Å². The zero-order valence-electron chi connectivity index (χ0n) is 20.8. The Kier molecular flexibility index (Phi) is 15.5. The molecule has 0 aliphatic carbocycles. The van der Waals surface area contributed by atoms with Gasteiger partial charge >= 0.3 is 0 Å². The van der Waals surface area contributed by atoms with Gasteiger partial charge in [0.2, 0.25) is 5.91 Å². The zero-order valence-corrected chi connectivity index (χ0v) is 21.7. The lowest BCUT2D eigenvalue weighted by Gasteiger charge is -2.37. The average Bonchev–Trinajstić information content (AvgIpc) is 2.69. The highest BCUT2D eigenvalue weighted by atomic mass is 31.2. The third-order valence-electron chi connectivity index (χ3n) is 4.80. The number of hydrogen-bond acceptors (Lipinski definition) is 8. The molecule has 1 rings (SSSR count). The van der Waals surface area contributed by atoms with Crippen LogP contribution in [0.25, 0.3) is 0 Å². The molecule has 1 N–H and O–H groups in total. The van der Waals surface area contributed by atoms with Crippen LogP contribution >= 0.6 is 7.26 Å². The molecule has 3 unspecified atom stereocenters. The van der Waals surface area contributed by atoms with Crippen LogP contribution in [0.15, 0.2) is 0 Å². The molecule has 1 fully saturated rings. The first kappa shape index (κ1) is 30.2. The number of methoxy groups -OCH3 is 1. The van der Waals surface area contributed by atoms with Crippen molar-refractivity contribution in [1.29, 1.82) is 0 Å². The van der Waals surface area contributed by atoms with E-state index in [-0.39, 0.29) is 30.4 Å². The van der Waals surface area contributed by atoms with Gasteiger partial charge in [-0.1, -0.05) is 13.2 Å². The van der Waals surface area contributed by atoms with E-state index in [1.165, 1.54) is 6.92 Å². The number of nitrogens with one attached hydrogen (secondary N) is 1. The number of amides is 1. The van der Waals surface area contributed by atoms with Gasteiger partial charge in [-0.25, -0.2) is 0 Å². The standard InChI is InChI=1S/C12H27N2O3P.C9H18N2O2/c1-11-7-14(10-15-4)8-12(17-11)9-16-18(5,6)13(2)3;1-4-9(13)11(6-5-10-3)7-8(2)12/h11-12H,5,7-10H2,1-4,6H3;10H,4-7H2,1-3H3. The van der Waals surface area contributed by atoms with E-state index < -0.39 is 7.26 Å². The normalized spacial score (nSPS) is 21.2. The van der Waals surface area contributed by atoms with Crippen molar-refractivity contribution in [2.75, 3.05) is 81.0 Å². The van der Waals surface area contributed by atoms with Crippen LogP contribution in [0.3, 0.4) is 0 Å². The highest BCUT2D eigenvalue weighted by Gasteiger charge is 2.26. The van der Waals surface area contributed by atoms with Crippen LogP contribution in [0.5, 0.6) is 0 Å². The molecule has 0 aromatic carbocycles. The Morgan fingerprint density at radius 1 is 1.32 bits per heavy atom. The summed E-state index contributed by atoms with van der Waals surface area (Å²) in [5.74, 6) is 0.0587. The number of Topliss-reactive ketones (excluding diaryl/α,β-unsaturated/α-hetero) is 1. The van der Waals surface area contributed by atoms with E-state index in [1.54, 1.807) is 18.9 Å². The van der Waals surface area contributed by atoms with Crippen molar-refractivity contribution in [3.05, 3.63) is 0 Å². The van der Waals surface area contributed by atoms with Gasteiger partial charge in [0.25, 0.3) is 0 Å². The number of carbonyl (C=O) groups is 2. The molecule has 1 amide bonds. The van der Waals surface area contributed by atoms with Crippen LogP contribution in [-0.2, 0) is 23.6 Å². The lowest BCUT2D eigenvalue weighted by molar-refractivity contribution is -0.134. The summed E-state index contributed by atoms with van der Waals surface area (Å²) >= 11 is 0. The fraction of sp³-hybridized carbons (Fsp3) is 0.857. The van der Waals surface area contributed by atoms with Gasteiger partial charge in [0.05, 0.1) is 39.4 Å². The first-order chi connectivity index (χ1) is 14.5. The molecule has 31 heavy (non-hydrogen) atoms. The van der Waals surface area contributed by atoms with Crippen LogP contribution in [-0.4, -0.2) is 126 Å². The molecule has 184 valence electrons. The number of ether oxygens (including phenoxy) is 2. The van der Waals surface area contributed by atoms with Gasteiger partial charge in [-0.2, -0.15) is 0 Å². The molecule has 0 radical (unpaired) electrons. The highest BCUT2D eigenvalue weighted by Crippen LogP contribution is 2.43. The summed E-state index contributed by atoms with van der Waals surface area (Å²) in [6.45, 7) is 12.0. The predicted octanol–water partition coefficient (Wildman–Crippen LogP) is 1.20. The summed E-state index contributed by atoms with van der Waals surface area (Å²) in [5, 5.41) is 2.95. The Hall–Kier alpha value is -0.800. The van der Waals surface area contributed by atoms with E-state index in [0.29, 0.717) is 26.3 Å². The molecule has 1 aliphatic heterocycles. The van der Waals surface area contributed by atoms with Gasteiger partial charge in [-0.05, 0) is 41.7 Å². The Bertz CT molecular complexity index is 576. The van der Waals surface area contributed by atoms with E-state index in [4.69, 9.17) is 14.0 Å². The molecular weight excluding hydrogens is 419 g/mol. The molecular formula is C21H45N4O5P. The molecule has 0 aromatic rings. The van der Waals surface area contributed by atoms with Gasteiger partial charge in [-0.3, -0.25) is 19.2 Å². The van der Waals surface area contributed by atoms with Crippen molar-refractivity contribution in [3.8, 4) is 0 Å². The highest BCUT2D eigenvalue weighted by molar-refractivity contribution is 7.66. The smallest absolute Gasteiger partial charge is 0.222 e. The minimum Gasteiger partial charge on any atom is -0.370 e. The maximum absolute atomic E-state index is 11.3. The lowest BCUT2D eigenvalue weighted by Crippen LogP contribution is -2.48. The summed E-state index contributed by atoms with van der Waals surface area (Å²) in [7, 11) is 5.86. The molecule has 0 bridgehead atoms. The van der Waals surface area contributed by atoms with E-state index in [1.807, 2.05) is 21.1 Å². The first-order valence-corrected chi connectivity index (χ1v) is 13.1. The molecule has 10 heteroatoms. The number of rotatable bonds is 12. The number of likely N-dealkylation sites (N-methyl/N-ethyl adjacent to an activating group) is 1. The Morgan fingerprint density at radius 3 is 2.45 bits per heavy atom. The second-order valence-corrected chi connectivity index (χ2v) is 11.4. The lowest BCUT2D eigenvalue weighted by atomic mass is 10.2. The number of hydrogen-bond donors (Lipinski definition) is 1. The second kappa shape index (κ2) is 15.9.